The summed E-state index contributed by atoms with van der Waals surface area (Å²) >= 11 is -4.01. The van der Waals surface area contributed by atoms with Crippen molar-refractivity contribution < 1.29 is 17.9 Å². The van der Waals surface area contributed by atoms with E-state index in [0.29, 0.717) is 0 Å². The third kappa shape index (κ3) is 4.59. The first-order valence-electron chi connectivity index (χ1n) is 14.6. The number of hydrogen-bond acceptors (Lipinski definition) is 0. The van der Waals surface area contributed by atoms with Gasteiger partial charge >= 0.3 is 259 Å². The zero-order valence-corrected chi connectivity index (χ0v) is 28.8. The average molecular weight is 667 g/mol. The number of fused-ring (bicyclic) bond motifs is 4. The maximum absolute atomic E-state index is 7.90. The fraction of sp³-hybridized carbons (Fsp3) is 0.135. The number of halogens is 2. The number of hydrogen-bond donors (Lipinski definition) is 0. The van der Waals surface area contributed by atoms with E-state index >= 15 is 0 Å². The maximum atomic E-state index is 7.90. The van der Waals surface area contributed by atoms with E-state index in [-0.39, 0.29) is 3.63 Å². The summed E-state index contributed by atoms with van der Waals surface area (Å²) in [5, 5.41) is 3.00. The molecule has 1 atom stereocenters. The Labute approximate surface area is 257 Å². The molecule has 2 aliphatic rings. The van der Waals surface area contributed by atoms with Crippen molar-refractivity contribution in [2.45, 2.75) is 30.3 Å². The summed E-state index contributed by atoms with van der Waals surface area (Å²) in [6, 6.07) is 39.8. The molecule has 0 spiro atoms. The van der Waals surface area contributed by atoms with Crippen LogP contribution >= 0.6 is 17.0 Å². The molecule has 1 unspecified atom stereocenters. The first-order valence-corrected chi connectivity index (χ1v) is 25.0. The summed E-state index contributed by atoms with van der Waals surface area (Å²) < 4.78 is 1.40. The second kappa shape index (κ2) is 11.0. The van der Waals surface area contributed by atoms with Crippen molar-refractivity contribution in [2.75, 3.05) is 0 Å². The van der Waals surface area contributed by atoms with Crippen LogP contribution in [0.2, 0.25) is 0 Å². The van der Waals surface area contributed by atoms with Gasteiger partial charge < -0.3 is 0 Å². The van der Waals surface area contributed by atoms with Crippen LogP contribution in [0.15, 0.2) is 115 Å². The molecule has 0 nitrogen and oxygen atoms in total. The predicted molar refractivity (Wildman–Crippen MR) is 179 cm³/mol. The quantitative estimate of drug-likeness (QED) is 0.157. The van der Waals surface area contributed by atoms with Crippen molar-refractivity contribution in [1.29, 1.82) is 0 Å². The first-order chi connectivity index (χ1) is 20.0. The van der Waals surface area contributed by atoms with Crippen LogP contribution in [0.1, 0.15) is 40.1 Å². The standard InChI is InChI=1S/C25H23.C12H9Si.2ClH.Zr/c1-3-9-19-16-21-14-15-23(20-11-5-4-6-12-20)25(24(21)17-19)22-13-8-7-10-18(22)2;1-3-7-11-9(5-1)10-6-2-4-8-12(10)13-11;;;/h4-8,10-17H,3,9H2,1-2H3;1-7H,13H2;2*1H;/q;;;;+2/p-2. The van der Waals surface area contributed by atoms with Gasteiger partial charge in [-0.1, -0.05) is 0 Å². The molecule has 0 saturated heterocycles. The van der Waals surface area contributed by atoms with Crippen LogP contribution in [0.4, 0.5) is 0 Å². The van der Waals surface area contributed by atoms with Gasteiger partial charge in [0.25, 0.3) is 0 Å². The summed E-state index contributed by atoms with van der Waals surface area (Å²) in [6.07, 6.45) is 4.55. The molecule has 0 N–H and O–H groups in total. The molecule has 0 bridgehead atoms. The molecule has 0 fully saturated rings. The van der Waals surface area contributed by atoms with E-state index in [1.807, 2.05) is 0 Å². The Morgan fingerprint density at radius 2 is 1.41 bits per heavy atom. The van der Waals surface area contributed by atoms with Gasteiger partial charge in [0, 0.05) is 0 Å². The predicted octanol–water partition coefficient (Wildman–Crippen LogP) is 8.45. The van der Waals surface area contributed by atoms with Gasteiger partial charge in [0.15, 0.2) is 0 Å². The van der Waals surface area contributed by atoms with E-state index < -0.39 is 27.4 Å². The third-order valence-electron chi connectivity index (χ3n) is 8.90. The minimum absolute atomic E-state index is 0.0967. The summed E-state index contributed by atoms with van der Waals surface area (Å²) in [6.45, 7) is 4.48. The van der Waals surface area contributed by atoms with Gasteiger partial charge in [0.05, 0.1) is 0 Å². The zero-order chi connectivity index (χ0) is 28.1. The van der Waals surface area contributed by atoms with E-state index in [2.05, 4.69) is 129 Å². The molecular weight excluding hydrogens is 635 g/mol. The van der Waals surface area contributed by atoms with E-state index in [4.69, 9.17) is 17.0 Å². The monoisotopic (exact) mass is 664 g/mol. The van der Waals surface area contributed by atoms with Gasteiger partial charge in [-0.25, -0.2) is 0 Å². The Morgan fingerprint density at radius 3 is 2.20 bits per heavy atom. The van der Waals surface area contributed by atoms with Crippen LogP contribution < -0.4 is 13.6 Å². The Bertz CT molecular complexity index is 1820. The van der Waals surface area contributed by atoms with Gasteiger partial charge in [-0.15, -0.1) is 0 Å². The molecule has 4 heteroatoms. The van der Waals surface area contributed by atoms with Crippen LogP contribution in [0.3, 0.4) is 0 Å². The average Bonchev–Trinajstić information content (AvgIpc) is 3.56. The topological polar surface area (TPSA) is 0 Å². The van der Waals surface area contributed by atoms with Gasteiger partial charge in [-0.3, -0.25) is 0 Å². The Balaban J connectivity index is 1.45. The van der Waals surface area contributed by atoms with Crippen molar-refractivity contribution in [3.8, 4) is 33.4 Å². The van der Waals surface area contributed by atoms with Crippen LogP contribution in [-0.2, 0) is 17.9 Å². The van der Waals surface area contributed by atoms with Crippen molar-refractivity contribution in [3.63, 3.8) is 0 Å². The van der Waals surface area contributed by atoms with E-state index in [9.17, 15) is 0 Å². The molecule has 5 aromatic rings. The minimum atomic E-state index is -4.01. The van der Waals surface area contributed by atoms with Crippen LogP contribution in [0.5, 0.6) is 0 Å². The van der Waals surface area contributed by atoms with Gasteiger partial charge in [-0.2, -0.15) is 0 Å². The number of aryl methyl sites for hydroxylation is 1. The summed E-state index contributed by atoms with van der Waals surface area (Å²) in [7, 11) is 15.2. The van der Waals surface area contributed by atoms with Crippen LogP contribution in [-0.4, -0.2) is 9.52 Å². The molecule has 1 aliphatic carbocycles. The molecule has 7 rings (SSSR count). The molecule has 1 heterocycles. The van der Waals surface area contributed by atoms with Crippen molar-refractivity contribution in [2.24, 2.45) is 0 Å². The Morgan fingerprint density at radius 1 is 0.707 bits per heavy atom. The van der Waals surface area contributed by atoms with E-state index in [1.54, 1.807) is 0 Å². The third-order valence-corrected chi connectivity index (χ3v) is 23.2. The van der Waals surface area contributed by atoms with Gasteiger partial charge in [0.1, 0.15) is 0 Å². The van der Waals surface area contributed by atoms with Gasteiger partial charge in [0.2, 0.25) is 0 Å². The number of allylic oxidation sites excluding steroid dienone is 1. The molecule has 1 aliphatic heterocycles. The first kappa shape index (κ1) is 27.4. The summed E-state index contributed by atoms with van der Waals surface area (Å²) in [5.74, 6) is 0. The Kier molecular flexibility index (Phi) is 7.32. The van der Waals surface area contributed by atoms with Crippen molar-refractivity contribution in [1.82, 2.24) is 0 Å². The normalized spacial score (nSPS) is 15.9. The second-order valence-corrected chi connectivity index (χ2v) is 27.2. The Hall–Kier alpha value is -2.48. The molecule has 5 aromatic carbocycles. The van der Waals surface area contributed by atoms with Crippen molar-refractivity contribution in [3.05, 3.63) is 131 Å². The zero-order valence-electron chi connectivity index (χ0n) is 23.4. The molecular formula is C37H32Cl2SiZr. The molecule has 202 valence electrons. The van der Waals surface area contributed by atoms with E-state index in [0.717, 1.165) is 12.8 Å². The fourth-order valence-electron chi connectivity index (χ4n) is 7.07. The second-order valence-electron chi connectivity index (χ2n) is 11.4. The van der Waals surface area contributed by atoms with E-state index in [1.165, 1.54) is 69.3 Å². The molecule has 0 radical (unpaired) electrons. The van der Waals surface area contributed by atoms with Gasteiger partial charge in [-0.05, 0) is 0 Å². The fourth-order valence-corrected chi connectivity index (χ4v) is 23.9. The summed E-state index contributed by atoms with van der Waals surface area (Å²) in [4.78, 5) is 0. The summed E-state index contributed by atoms with van der Waals surface area (Å²) in [5.41, 5.74) is 13.2. The molecule has 0 amide bonds. The molecule has 0 saturated carbocycles. The van der Waals surface area contributed by atoms with Crippen molar-refractivity contribution >= 4 is 46.3 Å². The number of benzene rings is 5. The van der Waals surface area contributed by atoms with Crippen LogP contribution in [0.25, 0.3) is 39.5 Å². The van der Waals surface area contributed by atoms with Crippen LogP contribution in [0, 0.1) is 6.92 Å². The molecule has 41 heavy (non-hydrogen) atoms. The molecule has 0 aromatic heterocycles. The number of rotatable bonds is 6. The SMILES string of the molecule is CCCC1=Cc2c(ccc(-c3ccccc3)c2-c2ccccc2C)[CH]1[Zr]([Cl])([Cl])[c]1cccc2c1[SiH2]c1ccccc1-2.